The molecule has 1 aliphatic heterocycles. The van der Waals surface area contributed by atoms with Crippen LogP contribution in [0.15, 0.2) is 59.5 Å². The number of carbonyl (C=O) groups excluding carboxylic acids is 2. The minimum atomic E-state index is -0.730. The van der Waals surface area contributed by atoms with Crippen LogP contribution in [0.2, 0.25) is 0 Å². The molecule has 0 spiro atoms. The highest BCUT2D eigenvalue weighted by Crippen LogP contribution is 2.31. The second-order valence-electron chi connectivity index (χ2n) is 13.4. The topological polar surface area (TPSA) is 118 Å². The zero-order chi connectivity index (χ0) is 31.5. The number of aromatic amines is 2. The second-order valence-corrected chi connectivity index (χ2v) is 13.4. The fourth-order valence-corrected chi connectivity index (χ4v) is 7.68. The molecule has 2 fully saturated rings. The van der Waals surface area contributed by atoms with Crippen molar-refractivity contribution in [3.63, 3.8) is 0 Å². The van der Waals surface area contributed by atoms with E-state index in [0.717, 1.165) is 46.9 Å². The number of carbonyl (C=O) groups is 2. The van der Waals surface area contributed by atoms with Crippen LogP contribution in [0.1, 0.15) is 63.0 Å². The quantitative estimate of drug-likeness (QED) is 0.217. The smallest absolute Gasteiger partial charge is 0.326 e. The Labute approximate surface area is 264 Å². The molecule has 45 heavy (non-hydrogen) atoms. The monoisotopic (exact) mass is 613 g/mol. The molecule has 2 aliphatic rings. The van der Waals surface area contributed by atoms with Gasteiger partial charge in [0.1, 0.15) is 6.04 Å². The molecule has 0 bridgehead atoms. The number of urea groups is 1. The van der Waals surface area contributed by atoms with Crippen LogP contribution in [0, 0.1) is 11.8 Å². The maximum absolute atomic E-state index is 13.9. The molecule has 2 aromatic heterocycles. The summed E-state index contributed by atoms with van der Waals surface area (Å²) in [7, 11) is 4.24. The lowest BCUT2D eigenvalue weighted by atomic mass is 9.81. The molecule has 4 aromatic rings. The van der Waals surface area contributed by atoms with E-state index in [2.05, 4.69) is 45.7 Å². The van der Waals surface area contributed by atoms with E-state index in [1.807, 2.05) is 60.2 Å². The number of aromatic nitrogens is 3. The fraction of sp³-hybridized carbons (Fsp3) is 0.514. The molecule has 1 aliphatic carbocycles. The first-order valence-electron chi connectivity index (χ1n) is 16.5. The molecular formula is C35H47N7O3. The lowest BCUT2D eigenvalue weighted by Crippen LogP contribution is -2.55. The number of nitrogens with one attached hydrogen (secondary N) is 4. The molecule has 240 valence electrons. The molecule has 10 heteroatoms. The number of likely N-dealkylation sites (tertiary alicyclic amines) is 1. The number of benzene rings is 2. The normalized spacial score (nSPS) is 20.8. The number of nitrogens with zero attached hydrogens (tertiary/aromatic N) is 3. The van der Waals surface area contributed by atoms with E-state index in [9.17, 15) is 14.4 Å². The summed E-state index contributed by atoms with van der Waals surface area (Å²) in [6.45, 7) is 4.73. The first kappa shape index (κ1) is 31.0. The molecule has 10 nitrogen and oxygen atoms in total. The molecule has 6 rings (SSSR count). The highest BCUT2D eigenvalue weighted by atomic mass is 16.2. The second kappa shape index (κ2) is 13.5. The van der Waals surface area contributed by atoms with Gasteiger partial charge in [-0.1, -0.05) is 43.7 Å². The van der Waals surface area contributed by atoms with Crippen LogP contribution in [-0.4, -0.2) is 82.6 Å². The standard InChI is InChI=1S/C35H47N7O3/c1-23(28-21-36-29-12-5-4-11-27(28)29)32(33(43)37-20-24-9-8-10-25(19-24)22-40(2)3)39-34(44)41-17-15-26(16-18-41)42-31-14-7-6-13-30(31)38-35(42)45/h4-7,11-14,21,23-26,32,36H,8-10,15-20,22H2,1-3H3,(H,37,43)(H,38,45)(H,39,44)/t23-,24+,25-,32+/m0/s1. The summed E-state index contributed by atoms with van der Waals surface area (Å²) in [4.78, 5) is 50.7. The Balaban J connectivity index is 1.14. The Kier molecular flexibility index (Phi) is 9.30. The average molecular weight is 614 g/mol. The zero-order valence-electron chi connectivity index (χ0n) is 26.7. The maximum Gasteiger partial charge on any atom is 0.326 e. The predicted molar refractivity (Wildman–Crippen MR) is 178 cm³/mol. The molecule has 1 saturated heterocycles. The molecule has 0 unspecified atom stereocenters. The maximum atomic E-state index is 13.9. The van der Waals surface area contributed by atoms with E-state index in [0.29, 0.717) is 44.3 Å². The van der Waals surface area contributed by atoms with Crippen molar-refractivity contribution >= 4 is 33.9 Å². The fourth-order valence-electron chi connectivity index (χ4n) is 7.68. The Morgan fingerprint density at radius 3 is 2.47 bits per heavy atom. The van der Waals surface area contributed by atoms with Crippen LogP contribution in [0.25, 0.3) is 21.9 Å². The minimum absolute atomic E-state index is 0.00811. The van der Waals surface area contributed by atoms with Crippen LogP contribution in [0.3, 0.4) is 0 Å². The Hall–Kier alpha value is -4.05. The molecule has 0 radical (unpaired) electrons. The number of fused-ring (bicyclic) bond motifs is 2. The zero-order valence-corrected chi connectivity index (χ0v) is 26.7. The Morgan fingerprint density at radius 1 is 0.978 bits per heavy atom. The van der Waals surface area contributed by atoms with Crippen molar-refractivity contribution in [2.75, 3.05) is 40.3 Å². The van der Waals surface area contributed by atoms with Crippen LogP contribution < -0.4 is 16.3 Å². The number of imidazole rings is 1. The first-order valence-corrected chi connectivity index (χ1v) is 16.5. The van der Waals surface area contributed by atoms with Gasteiger partial charge in [0.25, 0.3) is 0 Å². The number of hydrogen-bond donors (Lipinski definition) is 4. The van der Waals surface area contributed by atoms with Crippen LogP contribution in [0.4, 0.5) is 4.79 Å². The summed E-state index contributed by atoms with van der Waals surface area (Å²) < 4.78 is 1.83. The third-order valence-electron chi connectivity index (χ3n) is 9.99. The molecule has 2 aromatic carbocycles. The minimum Gasteiger partial charge on any atom is -0.361 e. The largest absolute Gasteiger partial charge is 0.361 e. The summed E-state index contributed by atoms with van der Waals surface area (Å²) in [5.74, 6) is 0.704. The van der Waals surface area contributed by atoms with Crippen molar-refractivity contribution in [3.8, 4) is 0 Å². The van der Waals surface area contributed by atoms with E-state index in [-0.39, 0.29) is 29.6 Å². The van der Waals surface area contributed by atoms with E-state index >= 15 is 0 Å². The molecular weight excluding hydrogens is 566 g/mol. The third-order valence-corrected chi connectivity index (χ3v) is 9.99. The van der Waals surface area contributed by atoms with Gasteiger partial charge in [-0.2, -0.15) is 0 Å². The van der Waals surface area contributed by atoms with Gasteiger partial charge in [-0.3, -0.25) is 9.36 Å². The van der Waals surface area contributed by atoms with Crippen molar-refractivity contribution in [1.82, 2.24) is 35.0 Å². The summed E-state index contributed by atoms with van der Waals surface area (Å²) in [5, 5.41) is 7.43. The van der Waals surface area contributed by atoms with Crippen LogP contribution in [-0.2, 0) is 4.79 Å². The van der Waals surface area contributed by atoms with Gasteiger partial charge >= 0.3 is 11.7 Å². The molecule has 3 amide bonds. The summed E-state index contributed by atoms with van der Waals surface area (Å²) in [6, 6.07) is 14.8. The van der Waals surface area contributed by atoms with Gasteiger partial charge in [0.05, 0.1) is 11.0 Å². The summed E-state index contributed by atoms with van der Waals surface area (Å²) in [5.41, 5.74) is 3.61. The van der Waals surface area contributed by atoms with Crippen molar-refractivity contribution in [1.29, 1.82) is 0 Å². The van der Waals surface area contributed by atoms with Gasteiger partial charge in [0.15, 0.2) is 0 Å². The van der Waals surface area contributed by atoms with Gasteiger partial charge in [-0.05, 0) is 81.8 Å². The molecule has 3 heterocycles. The molecule has 1 saturated carbocycles. The van der Waals surface area contributed by atoms with Crippen LogP contribution in [0.5, 0.6) is 0 Å². The number of para-hydroxylation sites is 3. The Bertz CT molecular complexity index is 1680. The van der Waals surface area contributed by atoms with E-state index < -0.39 is 6.04 Å². The Morgan fingerprint density at radius 2 is 1.69 bits per heavy atom. The first-order chi connectivity index (χ1) is 21.8. The predicted octanol–water partition coefficient (Wildman–Crippen LogP) is 4.81. The lowest BCUT2D eigenvalue weighted by molar-refractivity contribution is -0.123. The van der Waals surface area contributed by atoms with Gasteiger partial charge in [-0.25, -0.2) is 9.59 Å². The average Bonchev–Trinajstić information content (AvgIpc) is 3.62. The SMILES string of the molecule is C[C@@H](c1c[nH]c2ccccc12)[C@@H](NC(=O)N1CCC(n2c(=O)[nH]c3ccccc32)CC1)C(=O)NC[C@@H]1CCC[C@H](CN(C)C)C1. The lowest BCUT2D eigenvalue weighted by Gasteiger charge is -2.35. The third kappa shape index (κ3) is 6.81. The summed E-state index contributed by atoms with van der Waals surface area (Å²) >= 11 is 0. The highest BCUT2D eigenvalue weighted by molar-refractivity contribution is 5.90. The van der Waals surface area contributed by atoms with Gasteiger partial charge < -0.3 is 30.4 Å². The van der Waals surface area contributed by atoms with Gasteiger partial charge in [-0.15, -0.1) is 0 Å². The van der Waals surface area contributed by atoms with Crippen molar-refractivity contribution < 1.29 is 9.59 Å². The molecule has 4 N–H and O–H groups in total. The number of H-pyrrole nitrogens is 2. The molecule has 4 atom stereocenters. The van der Waals surface area contributed by atoms with Crippen molar-refractivity contribution in [2.24, 2.45) is 11.8 Å². The van der Waals surface area contributed by atoms with Gasteiger partial charge in [0, 0.05) is 55.2 Å². The van der Waals surface area contributed by atoms with Crippen LogP contribution >= 0.6 is 0 Å². The van der Waals surface area contributed by atoms with Crippen molar-refractivity contribution in [2.45, 2.75) is 63.5 Å². The van der Waals surface area contributed by atoms with E-state index in [1.54, 1.807) is 4.90 Å². The van der Waals surface area contributed by atoms with Gasteiger partial charge in [0.2, 0.25) is 5.91 Å². The summed E-state index contributed by atoms with van der Waals surface area (Å²) in [6.07, 6.45) is 7.95. The highest BCUT2D eigenvalue weighted by Gasteiger charge is 2.33. The van der Waals surface area contributed by atoms with E-state index in [4.69, 9.17) is 0 Å². The van der Waals surface area contributed by atoms with Crippen molar-refractivity contribution in [3.05, 3.63) is 70.8 Å². The number of rotatable bonds is 9. The number of hydrogen-bond acceptors (Lipinski definition) is 4. The number of piperidine rings is 1. The number of amides is 3. The van der Waals surface area contributed by atoms with E-state index in [1.165, 1.54) is 12.8 Å².